The second kappa shape index (κ2) is 5.48. The number of nitrogens with zero attached hydrogens (tertiary/aromatic N) is 2. The predicted octanol–water partition coefficient (Wildman–Crippen LogP) is 2.01. The molecule has 5 heteroatoms. The van der Waals surface area contributed by atoms with Crippen LogP contribution in [0.5, 0.6) is 0 Å². The number of amides is 1. The lowest BCUT2D eigenvalue weighted by Crippen LogP contribution is -2.35. The molecule has 112 valence electrons. The molecule has 0 spiro atoms. The van der Waals surface area contributed by atoms with Crippen LogP contribution in [0, 0.1) is 5.41 Å². The van der Waals surface area contributed by atoms with E-state index in [4.69, 9.17) is 4.74 Å². The number of fused-ring (bicyclic) bond motifs is 1. The number of nitrogens with one attached hydrogen (secondary N) is 1. The van der Waals surface area contributed by atoms with Crippen LogP contribution >= 0.6 is 0 Å². The number of imidazole rings is 1. The average Bonchev–Trinajstić information content (AvgIpc) is 3.23. The summed E-state index contributed by atoms with van der Waals surface area (Å²) in [4.78, 5) is 16.9. The van der Waals surface area contributed by atoms with Crippen LogP contribution in [0.15, 0.2) is 24.3 Å². The van der Waals surface area contributed by atoms with Gasteiger partial charge in [-0.3, -0.25) is 4.79 Å². The van der Waals surface area contributed by atoms with E-state index in [1.165, 1.54) is 0 Å². The van der Waals surface area contributed by atoms with Crippen molar-refractivity contribution < 1.29 is 9.53 Å². The molecule has 1 aliphatic carbocycles. The minimum Gasteiger partial charge on any atom is -0.381 e. The molecule has 21 heavy (non-hydrogen) atoms. The van der Waals surface area contributed by atoms with Gasteiger partial charge in [0.05, 0.1) is 29.6 Å². The average molecular weight is 287 g/mol. The highest BCUT2D eigenvalue weighted by atomic mass is 16.5. The van der Waals surface area contributed by atoms with Crippen LogP contribution in [-0.2, 0) is 23.1 Å². The molecule has 1 fully saturated rings. The van der Waals surface area contributed by atoms with Gasteiger partial charge in [0.15, 0.2) is 0 Å². The van der Waals surface area contributed by atoms with E-state index in [1.54, 1.807) is 0 Å². The quantitative estimate of drug-likeness (QED) is 0.884. The van der Waals surface area contributed by atoms with Crippen LogP contribution in [0.3, 0.4) is 0 Å². The molecule has 0 radical (unpaired) electrons. The van der Waals surface area contributed by atoms with Gasteiger partial charge < -0.3 is 14.6 Å². The van der Waals surface area contributed by atoms with Crippen molar-refractivity contribution in [3.63, 3.8) is 0 Å². The number of hydrogen-bond acceptors (Lipinski definition) is 3. The number of aromatic nitrogens is 2. The lowest BCUT2D eigenvalue weighted by molar-refractivity contribution is -0.128. The van der Waals surface area contributed by atoms with Gasteiger partial charge in [0.2, 0.25) is 5.91 Å². The smallest absolute Gasteiger partial charge is 0.228 e. The summed E-state index contributed by atoms with van der Waals surface area (Å²) >= 11 is 0. The molecule has 5 nitrogen and oxygen atoms in total. The predicted molar refractivity (Wildman–Crippen MR) is 80.7 cm³/mol. The van der Waals surface area contributed by atoms with Crippen LogP contribution in [0.2, 0.25) is 0 Å². The first-order valence-electron chi connectivity index (χ1n) is 7.43. The van der Waals surface area contributed by atoms with Crippen molar-refractivity contribution in [1.82, 2.24) is 14.9 Å². The molecule has 1 heterocycles. The summed E-state index contributed by atoms with van der Waals surface area (Å²) in [6.45, 7) is 3.59. The molecule has 0 unspecified atom stereocenters. The first-order valence-corrected chi connectivity index (χ1v) is 7.43. The van der Waals surface area contributed by atoms with Gasteiger partial charge >= 0.3 is 0 Å². The van der Waals surface area contributed by atoms with Crippen molar-refractivity contribution in [3.8, 4) is 0 Å². The lowest BCUT2D eigenvalue weighted by Gasteiger charge is -2.14. The molecule has 0 aliphatic heterocycles. The number of hydrogen-bond donors (Lipinski definition) is 1. The van der Waals surface area contributed by atoms with Crippen LogP contribution in [-0.4, -0.2) is 28.7 Å². The molecule has 1 aliphatic rings. The Bertz CT molecular complexity index is 659. The zero-order chi connectivity index (χ0) is 14.9. The van der Waals surface area contributed by atoms with Gasteiger partial charge in [-0.25, -0.2) is 4.98 Å². The molecule has 3 rings (SSSR count). The van der Waals surface area contributed by atoms with Crippen molar-refractivity contribution in [3.05, 3.63) is 30.1 Å². The molecule has 1 amide bonds. The molecule has 0 bridgehead atoms. The van der Waals surface area contributed by atoms with E-state index in [1.807, 2.05) is 42.8 Å². The molecule has 1 aromatic carbocycles. The summed E-state index contributed by atoms with van der Waals surface area (Å²) in [6, 6.07) is 7.98. The van der Waals surface area contributed by atoms with Gasteiger partial charge in [-0.05, 0) is 31.9 Å². The van der Waals surface area contributed by atoms with Gasteiger partial charge in [-0.1, -0.05) is 12.1 Å². The van der Waals surface area contributed by atoms with Crippen molar-refractivity contribution in [2.75, 3.05) is 13.2 Å². The number of benzene rings is 1. The van der Waals surface area contributed by atoms with Gasteiger partial charge in [0, 0.05) is 13.7 Å². The van der Waals surface area contributed by atoms with Crippen molar-refractivity contribution in [1.29, 1.82) is 0 Å². The maximum atomic E-state index is 12.3. The highest BCUT2D eigenvalue weighted by Crippen LogP contribution is 2.46. The fraction of sp³-hybridized carbons (Fsp3) is 0.500. The normalized spacial score (nSPS) is 16.1. The van der Waals surface area contributed by atoms with Crippen LogP contribution < -0.4 is 5.32 Å². The summed E-state index contributed by atoms with van der Waals surface area (Å²) in [5, 5.41) is 3.01. The Morgan fingerprint density at radius 3 is 2.86 bits per heavy atom. The maximum absolute atomic E-state index is 12.3. The Hall–Kier alpha value is -1.88. The third-order valence-electron chi connectivity index (χ3n) is 4.20. The van der Waals surface area contributed by atoms with E-state index in [-0.39, 0.29) is 11.3 Å². The van der Waals surface area contributed by atoms with Gasteiger partial charge in [-0.15, -0.1) is 0 Å². The van der Waals surface area contributed by atoms with Crippen LogP contribution in [0.4, 0.5) is 0 Å². The van der Waals surface area contributed by atoms with E-state index in [0.717, 1.165) is 29.7 Å². The summed E-state index contributed by atoms with van der Waals surface area (Å²) in [5.41, 5.74) is 1.75. The molecular formula is C16H21N3O2. The highest BCUT2D eigenvalue weighted by Gasteiger charge is 2.49. The van der Waals surface area contributed by atoms with Crippen molar-refractivity contribution in [2.24, 2.45) is 12.5 Å². The molecule has 1 N–H and O–H groups in total. The first-order chi connectivity index (χ1) is 10.2. The Morgan fingerprint density at radius 2 is 2.19 bits per heavy atom. The van der Waals surface area contributed by atoms with E-state index in [2.05, 4.69) is 10.3 Å². The second-order valence-electron chi connectivity index (χ2n) is 5.68. The zero-order valence-corrected chi connectivity index (χ0v) is 12.6. The van der Waals surface area contributed by atoms with E-state index in [9.17, 15) is 4.79 Å². The Kier molecular flexibility index (Phi) is 3.68. The summed E-state index contributed by atoms with van der Waals surface area (Å²) in [7, 11) is 1.98. The summed E-state index contributed by atoms with van der Waals surface area (Å²) < 4.78 is 7.45. The summed E-state index contributed by atoms with van der Waals surface area (Å²) in [5.74, 6) is 0.958. The molecule has 1 saturated carbocycles. The maximum Gasteiger partial charge on any atom is 0.228 e. The standard InChI is InChI=1S/C16H21N3O2/c1-3-21-11-16(8-9-16)15(20)17-10-14-18-12-6-4-5-7-13(12)19(14)2/h4-7H,3,8-11H2,1-2H3,(H,17,20). The SMILES string of the molecule is CCOCC1(C(=O)NCc2nc3ccccc3n2C)CC1. The number of carbonyl (C=O) groups excluding carboxylic acids is 1. The number of carbonyl (C=O) groups is 1. The molecule has 0 saturated heterocycles. The third-order valence-corrected chi connectivity index (χ3v) is 4.20. The lowest BCUT2D eigenvalue weighted by atomic mass is 10.1. The number of aryl methyl sites for hydroxylation is 1. The fourth-order valence-electron chi connectivity index (χ4n) is 2.59. The van der Waals surface area contributed by atoms with E-state index in [0.29, 0.717) is 19.8 Å². The Labute approximate surface area is 124 Å². The van der Waals surface area contributed by atoms with Crippen LogP contribution in [0.25, 0.3) is 11.0 Å². The Morgan fingerprint density at radius 1 is 1.43 bits per heavy atom. The third kappa shape index (κ3) is 2.65. The Balaban J connectivity index is 1.66. The monoisotopic (exact) mass is 287 g/mol. The topological polar surface area (TPSA) is 56.1 Å². The highest BCUT2D eigenvalue weighted by molar-refractivity contribution is 5.85. The largest absolute Gasteiger partial charge is 0.381 e. The fourth-order valence-corrected chi connectivity index (χ4v) is 2.59. The molecule has 2 aromatic rings. The van der Waals surface area contributed by atoms with E-state index < -0.39 is 0 Å². The minimum atomic E-state index is -0.291. The minimum absolute atomic E-state index is 0.0861. The second-order valence-corrected chi connectivity index (χ2v) is 5.68. The van der Waals surface area contributed by atoms with Crippen molar-refractivity contribution >= 4 is 16.9 Å². The molecule has 0 atom stereocenters. The van der Waals surface area contributed by atoms with Crippen LogP contribution in [0.1, 0.15) is 25.6 Å². The zero-order valence-electron chi connectivity index (χ0n) is 12.6. The van der Waals surface area contributed by atoms with Gasteiger partial charge in [0.25, 0.3) is 0 Å². The van der Waals surface area contributed by atoms with E-state index >= 15 is 0 Å². The molecule has 1 aromatic heterocycles. The number of ether oxygens (including phenoxy) is 1. The van der Waals surface area contributed by atoms with Gasteiger partial charge in [-0.2, -0.15) is 0 Å². The number of rotatable bonds is 6. The number of para-hydroxylation sites is 2. The van der Waals surface area contributed by atoms with Gasteiger partial charge in [0.1, 0.15) is 5.82 Å². The molecular weight excluding hydrogens is 266 g/mol. The van der Waals surface area contributed by atoms with Crippen molar-refractivity contribution in [2.45, 2.75) is 26.3 Å². The summed E-state index contributed by atoms with van der Waals surface area (Å²) in [6.07, 6.45) is 1.84. The first kappa shape index (κ1) is 14.1.